The van der Waals surface area contributed by atoms with Crippen LogP contribution in [-0.2, 0) is 14.3 Å². The Hall–Kier alpha value is -3.67. The summed E-state index contributed by atoms with van der Waals surface area (Å²) < 4.78 is 11.3. The molecule has 1 saturated heterocycles. The van der Waals surface area contributed by atoms with E-state index in [-0.39, 0.29) is 12.5 Å². The van der Waals surface area contributed by atoms with Gasteiger partial charge in [-0.2, -0.15) is 0 Å². The van der Waals surface area contributed by atoms with E-state index in [2.05, 4.69) is 141 Å². The normalized spacial score (nSPS) is 18.4. The van der Waals surface area contributed by atoms with E-state index < -0.39 is 49.5 Å². The lowest BCUT2D eigenvalue weighted by Crippen LogP contribution is -2.60. The minimum Gasteiger partial charge on any atom is -0.394 e. The van der Waals surface area contributed by atoms with Gasteiger partial charge in [-0.15, -0.1) is 0 Å². The van der Waals surface area contributed by atoms with Gasteiger partial charge < -0.3 is 40.3 Å². The van der Waals surface area contributed by atoms with E-state index in [4.69, 9.17) is 9.47 Å². The fourth-order valence-corrected chi connectivity index (χ4v) is 11.7. The summed E-state index contributed by atoms with van der Waals surface area (Å²) in [4.78, 5) is 13.2. The lowest BCUT2D eigenvalue weighted by Gasteiger charge is -2.40. The summed E-state index contributed by atoms with van der Waals surface area (Å²) in [7, 11) is 0. The monoisotopic (exact) mass is 1300 g/mol. The molecule has 9 heteroatoms. The maximum absolute atomic E-state index is 13.2. The second kappa shape index (κ2) is 71.1. The highest BCUT2D eigenvalue weighted by atomic mass is 16.7. The van der Waals surface area contributed by atoms with Gasteiger partial charge in [0.1, 0.15) is 24.4 Å². The van der Waals surface area contributed by atoms with Gasteiger partial charge in [-0.3, -0.25) is 4.79 Å². The Balaban J connectivity index is 2.13. The van der Waals surface area contributed by atoms with Crippen molar-refractivity contribution in [2.45, 2.75) is 378 Å². The Morgan fingerprint density at radius 1 is 0.376 bits per heavy atom. The van der Waals surface area contributed by atoms with Crippen LogP contribution in [0.1, 0.15) is 335 Å². The first-order valence-corrected chi connectivity index (χ1v) is 38.9. The molecule has 93 heavy (non-hydrogen) atoms. The molecule has 7 unspecified atom stereocenters. The number of ether oxygens (including phenoxy) is 2. The third kappa shape index (κ3) is 59.3. The molecule has 534 valence electrons. The average Bonchev–Trinajstić information content (AvgIpc) is 1.02. The first-order chi connectivity index (χ1) is 45.8. The van der Waals surface area contributed by atoms with Gasteiger partial charge >= 0.3 is 0 Å². The molecule has 1 rings (SSSR count). The van der Waals surface area contributed by atoms with Crippen molar-refractivity contribution in [1.29, 1.82) is 0 Å². The number of hydrogen-bond donors (Lipinski definition) is 6. The number of rotatable bonds is 67. The first kappa shape index (κ1) is 87.3. The van der Waals surface area contributed by atoms with Crippen molar-refractivity contribution >= 4 is 5.91 Å². The fraction of sp³-hybridized carbons (Fsp3) is 0.726. The Morgan fingerprint density at radius 3 is 1.03 bits per heavy atom. The zero-order valence-electron chi connectivity index (χ0n) is 60.0. The molecule has 7 atom stereocenters. The predicted octanol–water partition coefficient (Wildman–Crippen LogP) is 22.3. The Bertz CT molecular complexity index is 1940. The summed E-state index contributed by atoms with van der Waals surface area (Å²) in [6.07, 6.45) is 102. The molecule has 1 fully saturated rings. The fourth-order valence-electron chi connectivity index (χ4n) is 11.7. The molecule has 1 aliphatic heterocycles. The SMILES string of the molecule is CC/C=C\C/C=C\C/C=C\C/C=C\C/C=C\C/C=C\C/C=C\C/C=C\C/C=C\CCCCCCCCCCCCCC(=O)NC(COC1OC(CO)C(O)C(O)C1O)C(O)/C=C/CC/C=C/CCCCCCCCCCCCCCCCCCCCCCCCCCC. The summed E-state index contributed by atoms with van der Waals surface area (Å²) in [5.74, 6) is -0.191. The van der Waals surface area contributed by atoms with Gasteiger partial charge in [0.25, 0.3) is 0 Å². The Morgan fingerprint density at radius 2 is 0.677 bits per heavy atom. The van der Waals surface area contributed by atoms with Crippen LogP contribution in [0.3, 0.4) is 0 Å². The van der Waals surface area contributed by atoms with E-state index in [0.717, 1.165) is 109 Å². The molecule has 0 bridgehead atoms. The predicted molar refractivity (Wildman–Crippen MR) is 400 cm³/mol. The average molecular weight is 1300 g/mol. The van der Waals surface area contributed by atoms with Gasteiger partial charge in [0.15, 0.2) is 6.29 Å². The quantitative estimate of drug-likeness (QED) is 0.0261. The topological polar surface area (TPSA) is 149 Å². The third-order valence-electron chi connectivity index (χ3n) is 17.7. The van der Waals surface area contributed by atoms with Crippen molar-refractivity contribution in [1.82, 2.24) is 5.32 Å². The van der Waals surface area contributed by atoms with Gasteiger partial charge in [0.2, 0.25) is 5.91 Å². The minimum absolute atomic E-state index is 0.191. The van der Waals surface area contributed by atoms with E-state index in [9.17, 15) is 30.3 Å². The standard InChI is InChI=1S/C84H145NO8/c1-3-5-7-9-11-13-15-17-19-21-23-25-27-29-31-33-35-36-37-38-39-40-41-42-44-46-48-50-52-54-56-58-60-62-64-66-68-70-72-74-80(88)85-77(76-92-84-83(91)82(90)81(89)79(75-86)93-84)78(87)73-71-69-67-65-63-61-59-57-55-53-51-49-47-45-43-34-32-30-28-26-24-22-20-18-16-14-12-10-8-6-4-2/h5,7,11,13,17,19,23,25,29,31,35-36,38-39,41-42,46,48,63,65,71,73,77-79,81-84,86-87,89-91H,3-4,6,8-10,12,14-16,18,20-22,24,26-28,30,32-34,37,40,43-45,47,49-62,64,66-70,72,74-76H2,1-2H3,(H,85,88)/b7-5-,13-11-,19-17-,25-23-,31-29-,36-35-,39-38-,42-41-,48-46-,65-63+,73-71+. The molecule has 1 heterocycles. The van der Waals surface area contributed by atoms with Crippen LogP contribution in [0.5, 0.6) is 0 Å². The minimum atomic E-state index is -1.58. The van der Waals surface area contributed by atoms with Crippen LogP contribution in [0.4, 0.5) is 0 Å². The number of hydrogen-bond acceptors (Lipinski definition) is 8. The number of nitrogens with one attached hydrogen (secondary N) is 1. The number of amides is 1. The molecular weight excluding hydrogens is 1150 g/mol. The van der Waals surface area contributed by atoms with Gasteiger partial charge in [-0.05, 0) is 103 Å². The second-order valence-corrected chi connectivity index (χ2v) is 26.4. The van der Waals surface area contributed by atoms with E-state index in [0.29, 0.717) is 6.42 Å². The summed E-state index contributed by atoms with van der Waals surface area (Å²) in [6.45, 7) is 3.68. The molecule has 9 nitrogen and oxygen atoms in total. The molecule has 1 amide bonds. The van der Waals surface area contributed by atoms with Crippen LogP contribution in [0.2, 0.25) is 0 Å². The van der Waals surface area contributed by atoms with Crippen LogP contribution in [0.25, 0.3) is 0 Å². The molecule has 0 saturated carbocycles. The maximum atomic E-state index is 13.2. The number of carbonyl (C=O) groups is 1. The molecule has 0 spiro atoms. The van der Waals surface area contributed by atoms with Crippen molar-refractivity contribution in [2.75, 3.05) is 13.2 Å². The van der Waals surface area contributed by atoms with E-state index in [1.54, 1.807) is 6.08 Å². The van der Waals surface area contributed by atoms with Crippen molar-refractivity contribution in [2.24, 2.45) is 0 Å². The van der Waals surface area contributed by atoms with Gasteiger partial charge in [-0.25, -0.2) is 0 Å². The number of allylic oxidation sites excluding steroid dienone is 21. The second-order valence-electron chi connectivity index (χ2n) is 26.4. The number of aliphatic hydroxyl groups is 5. The van der Waals surface area contributed by atoms with Crippen molar-refractivity contribution in [3.05, 3.63) is 134 Å². The lowest BCUT2D eigenvalue weighted by atomic mass is 9.99. The van der Waals surface area contributed by atoms with Gasteiger partial charge in [0, 0.05) is 6.42 Å². The smallest absolute Gasteiger partial charge is 0.220 e. The van der Waals surface area contributed by atoms with Crippen LogP contribution in [0, 0.1) is 0 Å². The summed E-state index contributed by atoms with van der Waals surface area (Å²) in [5, 5.41) is 54.9. The Kier molecular flexibility index (Phi) is 66.8. The number of aliphatic hydroxyl groups excluding tert-OH is 5. The first-order valence-electron chi connectivity index (χ1n) is 38.9. The van der Waals surface area contributed by atoms with Crippen LogP contribution in [-0.4, -0.2) is 87.5 Å². The van der Waals surface area contributed by atoms with Gasteiger partial charge in [0.05, 0.1) is 25.4 Å². The van der Waals surface area contributed by atoms with Crippen molar-refractivity contribution < 1.29 is 39.8 Å². The zero-order valence-corrected chi connectivity index (χ0v) is 60.0. The molecule has 0 aliphatic carbocycles. The summed E-state index contributed by atoms with van der Waals surface area (Å²) >= 11 is 0. The highest BCUT2D eigenvalue weighted by Gasteiger charge is 2.44. The molecular formula is C84H145NO8. The number of carbonyl (C=O) groups excluding carboxylic acids is 1. The van der Waals surface area contributed by atoms with Crippen LogP contribution in [0.15, 0.2) is 134 Å². The van der Waals surface area contributed by atoms with E-state index in [1.165, 1.54) is 205 Å². The van der Waals surface area contributed by atoms with Crippen molar-refractivity contribution in [3.8, 4) is 0 Å². The van der Waals surface area contributed by atoms with Gasteiger partial charge in [-0.1, -0.05) is 359 Å². The Labute approximate surface area is 572 Å². The zero-order chi connectivity index (χ0) is 67.1. The van der Waals surface area contributed by atoms with Crippen LogP contribution >= 0.6 is 0 Å². The van der Waals surface area contributed by atoms with Crippen LogP contribution < -0.4 is 5.32 Å². The molecule has 0 radical (unpaired) electrons. The lowest BCUT2D eigenvalue weighted by molar-refractivity contribution is -0.302. The largest absolute Gasteiger partial charge is 0.394 e. The summed E-state index contributed by atoms with van der Waals surface area (Å²) in [5.41, 5.74) is 0. The highest BCUT2D eigenvalue weighted by Crippen LogP contribution is 2.23. The molecule has 0 aromatic carbocycles. The van der Waals surface area contributed by atoms with E-state index in [1.807, 2.05) is 6.08 Å². The molecule has 6 N–H and O–H groups in total. The molecule has 0 aromatic heterocycles. The van der Waals surface area contributed by atoms with E-state index >= 15 is 0 Å². The third-order valence-corrected chi connectivity index (χ3v) is 17.7. The van der Waals surface area contributed by atoms with Crippen molar-refractivity contribution in [3.63, 3.8) is 0 Å². The number of unbranched alkanes of at least 4 members (excludes halogenated alkanes) is 37. The summed E-state index contributed by atoms with van der Waals surface area (Å²) in [6, 6.07) is -0.834. The molecule has 0 aromatic rings. The molecule has 1 aliphatic rings. The maximum Gasteiger partial charge on any atom is 0.220 e. The highest BCUT2D eigenvalue weighted by molar-refractivity contribution is 5.76.